The van der Waals surface area contributed by atoms with Crippen LogP contribution in [0.5, 0.6) is 0 Å². The molecule has 0 saturated carbocycles. The summed E-state index contributed by atoms with van der Waals surface area (Å²) in [4.78, 5) is 17.0. The summed E-state index contributed by atoms with van der Waals surface area (Å²) >= 11 is 1.56. The van der Waals surface area contributed by atoms with E-state index in [9.17, 15) is 9.18 Å². The number of hydrogen-bond acceptors (Lipinski definition) is 6. The monoisotopic (exact) mass is 463 g/mol. The summed E-state index contributed by atoms with van der Waals surface area (Å²) in [6, 6.07) is 12.7. The van der Waals surface area contributed by atoms with E-state index in [1.807, 2.05) is 0 Å². The Kier molecular flexibility index (Phi) is 8.06. The summed E-state index contributed by atoms with van der Waals surface area (Å²) in [5.74, 6) is 0.0679. The van der Waals surface area contributed by atoms with Crippen LogP contribution in [0.4, 0.5) is 15.9 Å². The van der Waals surface area contributed by atoms with Crippen LogP contribution in [0.3, 0.4) is 0 Å². The number of halogens is 2. The molecule has 2 aromatic carbocycles. The largest absolute Gasteiger partial charge is 0.398 e. The molecule has 0 aliphatic carbocycles. The van der Waals surface area contributed by atoms with Gasteiger partial charge in [0.1, 0.15) is 11.6 Å². The van der Waals surface area contributed by atoms with Crippen molar-refractivity contribution in [1.29, 1.82) is 0 Å². The SMILES string of the molecule is Cl.Nc1cccc(F)c1C(=O)NCCCCN1CCN(c2nsc3ccccc23)CC1. The Morgan fingerprint density at radius 2 is 1.87 bits per heavy atom. The number of hydrogen-bond donors (Lipinski definition) is 2. The normalized spacial score (nSPS) is 14.4. The number of nitrogen functional groups attached to an aromatic ring is 1. The minimum absolute atomic E-state index is 0. The van der Waals surface area contributed by atoms with Crippen molar-refractivity contribution < 1.29 is 9.18 Å². The summed E-state index contributed by atoms with van der Waals surface area (Å²) in [6.07, 6.45) is 1.82. The molecule has 1 fully saturated rings. The molecule has 1 aliphatic heterocycles. The molecule has 3 N–H and O–H groups in total. The highest BCUT2D eigenvalue weighted by Crippen LogP contribution is 2.29. The second kappa shape index (κ2) is 10.7. The van der Waals surface area contributed by atoms with Gasteiger partial charge >= 0.3 is 0 Å². The van der Waals surface area contributed by atoms with E-state index in [1.165, 1.54) is 28.3 Å². The van der Waals surface area contributed by atoms with Crippen molar-refractivity contribution in [3.63, 3.8) is 0 Å². The molecule has 1 aliphatic rings. The summed E-state index contributed by atoms with van der Waals surface area (Å²) in [7, 11) is 0. The lowest BCUT2D eigenvalue weighted by atomic mass is 10.1. The van der Waals surface area contributed by atoms with Gasteiger partial charge in [0.15, 0.2) is 0 Å². The molecule has 2 heterocycles. The van der Waals surface area contributed by atoms with Gasteiger partial charge in [-0.15, -0.1) is 12.4 Å². The number of piperazine rings is 1. The molecule has 1 amide bonds. The molecule has 0 atom stereocenters. The Morgan fingerprint density at radius 1 is 1.10 bits per heavy atom. The maximum Gasteiger partial charge on any atom is 0.256 e. The highest BCUT2D eigenvalue weighted by molar-refractivity contribution is 7.13. The summed E-state index contributed by atoms with van der Waals surface area (Å²) < 4.78 is 19.7. The Morgan fingerprint density at radius 3 is 2.65 bits per heavy atom. The van der Waals surface area contributed by atoms with Crippen molar-refractivity contribution in [3.8, 4) is 0 Å². The van der Waals surface area contributed by atoms with Crippen molar-refractivity contribution in [2.24, 2.45) is 0 Å². The Balaban J connectivity index is 0.00000272. The van der Waals surface area contributed by atoms with E-state index in [4.69, 9.17) is 5.73 Å². The van der Waals surface area contributed by atoms with E-state index in [0.29, 0.717) is 6.54 Å². The molecular formula is C22H27ClFN5OS. The van der Waals surface area contributed by atoms with Crippen molar-refractivity contribution in [2.75, 3.05) is 49.9 Å². The van der Waals surface area contributed by atoms with Gasteiger partial charge in [0, 0.05) is 43.8 Å². The first-order valence-corrected chi connectivity index (χ1v) is 11.0. The number of nitrogens with two attached hydrogens (primary N) is 1. The van der Waals surface area contributed by atoms with E-state index in [-0.39, 0.29) is 23.7 Å². The van der Waals surface area contributed by atoms with Crippen LogP contribution in [0.15, 0.2) is 42.5 Å². The number of benzene rings is 2. The lowest BCUT2D eigenvalue weighted by Gasteiger charge is -2.35. The van der Waals surface area contributed by atoms with Crippen molar-refractivity contribution >= 4 is 51.4 Å². The Labute approximate surface area is 191 Å². The average Bonchev–Trinajstić information content (AvgIpc) is 3.18. The van der Waals surface area contributed by atoms with Crippen molar-refractivity contribution in [1.82, 2.24) is 14.6 Å². The molecular weight excluding hydrogens is 437 g/mol. The Bertz CT molecular complexity index is 1000. The van der Waals surface area contributed by atoms with E-state index in [0.717, 1.165) is 51.4 Å². The summed E-state index contributed by atoms with van der Waals surface area (Å²) in [5.41, 5.74) is 5.81. The lowest BCUT2D eigenvalue weighted by Crippen LogP contribution is -2.46. The molecule has 1 aromatic heterocycles. The van der Waals surface area contributed by atoms with Crippen LogP contribution in [0.2, 0.25) is 0 Å². The summed E-state index contributed by atoms with van der Waals surface area (Å²) in [6.45, 7) is 5.45. The fraction of sp³-hybridized carbons (Fsp3) is 0.364. The molecule has 166 valence electrons. The Hall–Kier alpha value is -2.42. The predicted molar refractivity (Wildman–Crippen MR) is 128 cm³/mol. The molecule has 9 heteroatoms. The van der Waals surface area contributed by atoms with Gasteiger partial charge in [0.25, 0.3) is 5.91 Å². The molecule has 6 nitrogen and oxygen atoms in total. The van der Waals surface area contributed by atoms with Gasteiger partial charge in [-0.25, -0.2) is 4.39 Å². The first-order chi connectivity index (χ1) is 14.6. The van der Waals surface area contributed by atoms with Crippen LogP contribution in [-0.4, -0.2) is 54.4 Å². The first kappa shape index (κ1) is 23.2. The van der Waals surface area contributed by atoms with Gasteiger partial charge in [-0.05, 0) is 55.2 Å². The standard InChI is InChI=1S/C22H26FN5OS.ClH/c23-17-7-5-8-18(24)20(17)22(29)25-10-3-4-11-27-12-14-28(15-13-27)21-16-6-1-2-9-19(16)30-26-21;/h1-2,5-9H,3-4,10-15,24H2,(H,25,29);1H. The number of nitrogens with zero attached hydrogens (tertiary/aromatic N) is 3. The zero-order valence-electron chi connectivity index (χ0n) is 17.2. The second-order valence-electron chi connectivity index (χ2n) is 7.50. The number of aromatic nitrogens is 1. The second-order valence-corrected chi connectivity index (χ2v) is 8.30. The smallest absolute Gasteiger partial charge is 0.256 e. The van der Waals surface area contributed by atoms with E-state index >= 15 is 0 Å². The molecule has 31 heavy (non-hydrogen) atoms. The zero-order chi connectivity index (χ0) is 20.9. The molecule has 0 unspecified atom stereocenters. The number of fused-ring (bicyclic) bond motifs is 1. The van der Waals surface area contributed by atoms with Crippen LogP contribution < -0.4 is 16.0 Å². The number of rotatable bonds is 7. The molecule has 0 radical (unpaired) electrons. The van der Waals surface area contributed by atoms with Gasteiger partial charge in [0.05, 0.1) is 10.3 Å². The van der Waals surface area contributed by atoms with Crippen molar-refractivity contribution in [3.05, 3.63) is 53.8 Å². The van der Waals surface area contributed by atoms with Crippen LogP contribution in [0, 0.1) is 5.82 Å². The van der Waals surface area contributed by atoms with Gasteiger partial charge in [-0.2, -0.15) is 4.37 Å². The quantitative estimate of drug-likeness (QED) is 0.412. The van der Waals surface area contributed by atoms with E-state index in [2.05, 4.69) is 43.8 Å². The number of carbonyl (C=O) groups is 1. The van der Waals surface area contributed by atoms with E-state index < -0.39 is 11.7 Å². The van der Waals surface area contributed by atoms with Crippen LogP contribution in [0.1, 0.15) is 23.2 Å². The van der Waals surface area contributed by atoms with Gasteiger partial charge < -0.3 is 16.0 Å². The van der Waals surface area contributed by atoms with Crippen LogP contribution >= 0.6 is 23.9 Å². The number of unbranched alkanes of at least 4 members (excludes halogenated alkanes) is 1. The lowest BCUT2D eigenvalue weighted by molar-refractivity contribution is 0.0949. The number of carbonyl (C=O) groups excluding carboxylic acids is 1. The molecule has 0 spiro atoms. The highest BCUT2D eigenvalue weighted by Gasteiger charge is 2.20. The molecule has 4 rings (SSSR count). The fourth-order valence-corrected chi connectivity index (χ4v) is 4.61. The van der Waals surface area contributed by atoms with Gasteiger partial charge in [0.2, 0.25) is 0 Å². The molecule has 0 bridgehead atoms. The molecule has 3 aromatic rings. The summed E-state index contributed by atoms with van der Waals surface area (Å²) in [5, 5.41) is 4.01. The van der Waals surface area contributed by atoms with Crippen LogP contribution in [0.25, 0.3) is 10.1 Å². The number of anilines is 2. The fourth-order valence-electron chi connectivity index (χ4n) is 3.82. The number of nitrogens with one attached hydrogen (secondary N) is 1. The highest BCUT2D eigenvalue weighted by atomic mass is 35.5. The predicted octanol–water partition coefficient (Wildman–Crippen LogP) is 3.77. The first-order valence-electron chi connectivity index (χ1n) is 10.3. The van der Waals surface area contributed by atoms with Gasteiger partial charge in [-0.1, -0.05) is 18.2 Å². The maximum atomic E-state index is 13.8. The third-order valence-electron chi connectivity index (χ3n) is 5.49. The zero-order valence-corrected chi connectivity index (χ0v) is 18.9. The third-order valence-corrected chi connectivity index (χ3v) is 6.31. The third kappa shape index (κ3) is 5.44. The number of amides is 1. The van der Waals surface area contributed by atoms with Gasteiger partial charge in [-0.3, -0.25) is 9.69 Å². The average molecular weight is 464 g/mol. The maximum absolute atomic E-state index is 13.8. The minimum atomic E-state index is -0.585. The topological polar surface area (TPSA) is 74.5 Å². The van der Waals surface area contributed by atoms with Crippen molar-refractivity contribution in [2.45, 2.75) is 12.8 Å². The van der Waals surface area contributed by atoms with Crippen LogP contribution in [-0.2, 0) is 0 Å². The van der Waals surface area contributed by atoms with E-state index in [1.54, 1.807) is 11.5 Å². The minimum Gasteiger partial charge on any atom is -0.398 e. The molecule has 1 saturated heterocycles.